The topological polar surface area (TPSA) is 52.7 Å². The van der Waals surface area contributed by atoms with Crippen LogP contribution >= 0.6 is 11.6 Å². The molecule has 7 heteroatoms. The number of hydrogen-bond donors (Lipinski definition) is 0. The lowest BCUT2D eigenvalue weighted by molar-refractivity contribution is 0.571. The van der Waals surface area contributed by atoms with E-state index in [0.717, 1.165) is 11.3 Å². The zero-order chi connectivity index (χ0) is 19.1. The quantitative estimate of drug-likeness (QED) is 0.537. The summed E-state index contributed by atoms with van der Waals surface area (Å²) >= 11 is 6.12. The smallest absolute Gasteiger partial charge is 0.265 e. The van der Waals surface area contributed by atoms with Crippen molar-refractivity contribution in [2.24, 2.45) is 0 Å². The average molecular weight is 383 g/mol. The first-order chi connectivity index (χ1) is 13.0. The molecule has 0 saturated heterocycles. The lowest BCUT2D eigenvalue weighted by atomic mass is 10.2. The molecule has 5 nitrogen and oxygen atoms in total. The van der Waals surface area contributed by atoms with Crippen LogP contribution in [0.2, 0.25) is 5.02 Å². The Labute approximate surface area is 159 Å². The van der Waals surface area contributed by atoms with E-state index in [1.807, 2.05) is 31.2 Å². The molecule has 136 valence electrons. The van der Waals surface area contributed by atoms with Gasteiger partial charge < -0.3 is 0 Å². The van der Waals surface area contributed by atoms with Crippen LogP contribution in [0.25, 0.3) is 16.6 Å². The van der Waals surface area contributed by atoms with Gasteiger partial charge in [-0.1, -0.05) is 35.9 Å². The van der Waals surface area contributed by atoms with Crippen LogP contribution in [-0.4, -0.2) is 19.6 Å². The van der Waals surface area contributed by atoms with Crippen molar-refractivity contribution < 1.29 is 4.39 Å². The van der Waals surface area contributed by atoms with Gasteiger partial charge in [0.2, 0.25) is 0 Å². The van der Waals surface area contributed by atoms with Crippen LogP contribution in [0.5, 0.6) is 0 Å². The van der Waals surface area contributed by atoms with Crippen molar-refractivity contribution in [2.75, 3.05) is 0 Å². The summed E-state index contributed by atoms with van der Waals surface area (Å²) in [6, 6.07) is 12.1. The van der Waals surface area contributed by atoms with Gasteiger partial charge in [-0.05, 0) is 37.6 Å². The Bertz CT molecular complexity index is 1210. The first-order valence-electron chi connectivity index (χ1n) is 8.41. The van der Waals surface area contributed by atoms with Crippen molar-refractivity contribution in [1.29, 1.82) is 0 Å². The number of hydrogen-bond acceptors (Lipinski definition) is 3. The molecule has 0 unspecified atom stereocenters. The standard InChI is InChI=1S/C20H16ClFN4O/c1-12-6-3-4-9-18(12)26-19-14(10-23-26)13(2)24-25(20(19)27)11-15-16(21)7-5-8-17(15)22/h3-10H,11H2,1-2H3. The Morgan fingerprint density at radius 2 is 1.89 bits per heavy atom. The Morgan fingerprint density at radius 1 is 1.11 bits per heavy atom. The van der Waals surface area contributed by atoms with E-state index in [-0.39, 0.29) is 22.7 Å². The van der Waals surface area contributed by atoms with E-state index in [1.165, 1.54) is 16.8 Å². The lowest BCUT2D eigenvalue weighted by Crippen LogP contribution is -2.26. The minimum Gasteiger partial charge on any atom is -0.265 e. The molecule has 0 fully saturated rings. The summed E-state index contributed by atoms with van der Waals surface area (Å²) in [6.07, 6.45) is 1.63. The van der Waals surface area contributed by atoms with Gasteiger partial charge >= 0.3 is 0 Å². The van der Waals surface area contributed by atoms with E-state index in [9.17, 15) is 9.18 Å². The predicted octanol–water partition coefficient (Wildman–Crippen LogP) is 4.04. The van der Waals surface area contributed by atoms with E-state index >= 15 is 0 Å². The van der Waals surface area contributed by atoms with Crippen molar-refractivity contribution in [3.05, 3.63) is 86.7 Å². The van der Waals surface area contributed by atoms with Gasteiger partial charge in [0.25, 0.3) is 5.56 Å². The largest absolute Gasteiger partial charge is 0.293 e. The zero-order valence-electron chi connectivity index (χ0n) is 14.8. The van der Waals surface area contributed by atoms with Crippen molar-refractivity contribution in [3.63, 3.8) is 0 Å². The summed E-state index contributed by atoms with van der Waals surface area (Å²) in [7, 11) is 0. The molecule has 0 radical (unpaired) electrons. The molecule has 4 rings (SSSR count). The maximum atomic E-state index is 14.2. The van der Waals surface area contributed by atoms with Crippen molar-refractivity contribution in [3.8, 4) is 5.69 Å². The molecule has 0 amide bonds. The van der Waals surface area contributed by atoms with Gasteiger partial charge in [-0.15, -0.1) is 0 Å². The summed E-state index contributed by atoms with van der Waals surface area (Å²) in [5.41, 5.74) is 2.72. The fourth-order valence-corrected chi connectivity index (χ4v) is 3.37. The van der Waals surface area contributed by atoms with Crippen molar-refractivity contribution >= 4 is 22.5 Å². The SMILES string of the molecule is Cc1ccccc1-n1ncc2c(C)nn(Cc3c(F)cccc3Cl)c(=O)c21. The van der Waals surface area contributed by atoms with Crippen LogP contribution in [0.3, 0.4) is 0 Å². The first-order valence-corrected chi connectivity index (χ1v) is 8.79. The van der Waals surface area contributed by atoms with Gasteiger partial charge in [-0.3, -0.25) is 4.79 Å². The molecular formula is C20H16ClFN4O. The second-order valence-corrected chi connectivity index (χ2v) is 6.76. The van der Waals surface area contributed by atoms with Gasteiger partial charge in [0.1, 0.15) is 11.3 Å². The molecule has 27 heavy (non-hydrogen) atoms. The Hall–Kier alpha value is -2.99. The number of aryl methyl sites for hydroxylation is 2. The molecule has 0 saturated carbocycles. The molecule has 2 aromatic heterocycles. The third-order valence-corrected chi connectivity index (χ3v) is 4.93. The number of fused-ring (bicyclic) bond motifs is 1. The fraction of sp³-hybridized carbons (Fsp3) is 0.150. The maximum Gasteiger partial charge on any atom is 0.293 e. The summed E-state index contributed by atoms with van der Waals surface area (Å²) in [6.45, 7) is 3.69. The van der Waals surface area contributed by atoms with Gasteiger partial charge in [0.05, 0.1) is 24.1 Å². The number of benzene rings is 2. The van der Waals surface area contributed by atoms with Gasteiger partial charge in [-0.2, -0.15) is 10.2 Å². The maximum absolute atomic E-state index is 14.2. The molecule has 2 aromatic carbocycles. The molecule has 0 aliphatic rings. The second-order valence-electron chi connectivity index (χ2n) is 6.35. The van der Waals surface area contributed by atoms with Gasteiger partial charge in [-0.25, -0.2) is 13.8 Å². The highest BCUT2D eigenvalue weighted by Crippen LogP contribution is 2.22. The Balaban J connectivity index is 1.94. The monoisotopic (exact) mass is 382 g/mol. The van der Waals surface area contributed by atoms with E-state index in [1.54, 1.807) is 23.9 Å². The Morgan fingerprint density at radius 3 is 2.63 bits per heavy atom. The number of nitrogens with zero attached hydrogens (tertiary/aromatic N) is 4. The van der Waals surface area contributed by atoms with Gasteiger partial charge in [0, 0.05) is 16.0 Å². The molecular weight excluding hydrogens is 367 g/mol. The number of para-hydroxylation sites is 1. The highest BCUT2D eigenvalue weighted by Gasteiger charge is 2.17. The van der Waals surface area contributed by atoms with Crippen LogP contribution in [0, 0.1) is 19.7 Å². The molecule has 0 spiro atoms. The van der Waals surface area contributed by atoms with Gasteiger partial charge in [0.15, 0.2) is 0 Å². The van der Waals surface area contributed by atoms with E-state index in [2.05, 4.69) is 10.2 Å². The molecule has 0 aliphatic carbocycles. The fourth-order valence-electron chi connectivity index (χ4n) is 3.15. The van der Waals surface area contributed by atoms with Crippen molar-refractivity contribution in [1.82, 2.24) is 19.6 Å². The highest BCUT2D eigenvalue weighted by molar-refractivity contribution is 6.31. The minimum atomic E-state index is -0.471. The number of aromatic nitrogens is 4. The van der Waals surface area contributed by atoms with E-state index in [0.29, 0.717) is 16.6 Å². The minimum absolute atomic E-state index is 0.0555. The van der Waals surface area contributed by atoms with E-state index in [4.69, 9.17) is 11.6 Å². The number of rotatable bonds is 3. The normalized spacial score (nSPS) is 11.3. The summed E-state index contributed by atoms with van der Waals surface area (Å²) in [4.78, 5) is 13.1. The van der Waals surface area contributed by atoms with Crippen molar-refractivity contribution in [2.45, 2.75) is 20.4 Å². The molecule has 0 atom stereocenters. The van der Waals surface area contributed by atoms with Crippen LogP contribution < -0.4 is 5.56 Å². The molecule has 0 aliphatic heterocycles. The molecule has 0 N–H and O–H groups in total. The van der Waals surface area contributed by atoms with Crippen LogP contribution in [0.1, 0.15) is 16.8 Å². The Kier molecular flexibility index (Phi) is 4.28. The van der Waals surface area contributed by atoms with Crippen LogP contribution in [0.15, 0.2) is 53.5 Å². The highest BCUT2D eigenvalue weighted by atomic mass is 35.5. The summed E-state index contributed by atoms with van der Waals surface area (Å²) in [5, 5.41) is 9.65. The lowest BCUT2D eigenvalue weighted by Gasteiger charge is -2.11. The summed E-state index contributed by atoms with van der Waals surface area (Å²) < 4.78 is 17.0. The summed E-state index contributed by atoms with van der Waals surface area (Å²) in [5.74, 6) is -0.471. The second kappa shape index (κ2) is 6.63. The zero-order valence-corrected chi connectivity index (χ0v) is 15.5. The molecule has 2 heterocycles. The van der Waals surface area contributed by atoms with E-state index < -0.39 is 5.82 Å². The number of halogens is 2. The van der Waals surface area contributed by atoms with Crippen LogP contribution in [-0.2, 0) is 6.54 Å². The average Bonchev–Trinajstić information content (AvgIpc) is 3.08. The predicted molar refractivity (Wildman–Crippen MR) is 103 cm³/mol. The first kappa shape index (κ1) is 17.4. The van der Waals surface area contributed by atoms with Crippen LogP contribution in [0.4, 0.5) is 4.39 Å². The third kappa shape index (κ3) is 2.92. The molecule has 0 bridgehead atoms. The third-order valence-electron chi connectivity index (χ3n) is 4.58. The molecule has 4 aromatic rings.